The Morgan fingerprint density at radius 2 is 1.48 bits per heavy atom. The van der Waals surface area contributed by atoms with Crippen LogP contribution < -0.4 is 3.27 Å². The molecule has 2 aliphatic rings. The van der Waals surface area contributed by atoms with Crippen LogP contribution in [0.5, 0.6) is 0 Å². The summed E-state index contributed by atoms with van der Waals surface area (Å²) in [5.41, 5.74) is 13.5. The van der Waals surface area contributed by atoms with Crippen LogP contribution in [-0.2, 0) is 38.5 Å². The Hall–Kier alpha value is -1.83. The number of rotatable bonds is 4. The molecule has 6 rings (SSSR count). The molecular weight excluding hydrogens is 651 g/mol. The molecule has 3 aromatic carbocycles. The van der Waals surface area contributed by atoms with Gasteiger partial charge in [-0.05, 0) is 0 Å². The van der Waals surface area contributed by atoms with E-state index in [-0.39, 0.29) is 35.6 Å². The van der Waals surface area contributed by atoms with Crippen molar-refractivity contribution in [2.24, 2.45) is 0 Å². The number of halogens is 2. The summed E-state index contributed by atoms with van der Waals surface area (Å²) in [5.74, 6) is 0. The normalized spacial score (nSPS) is 14.6. The van der Waals surface area contributed by atoms with Crippen LogP contribution in [0.4, 0.5) is 0 Å². The van der Waals surface area contributed by atoms with Crippen molar-refractivity contribution in [3.05, 3.63) is 126 Å². The maximum Gasteiger partial charge on any atom is -0.147 e. The Balaban J connectivity index is 0.00000202. The third-order valence-electron chi connectivity index (χ3n) is 8.67. The third kappa shape index (κ3) is 6.21. The van der Waals surface area contributed by atoms with Gasteiger partial charge in [-0.15, -0.1) is 24.8 Å². The molecule has 0 unspecified atom stereocenters. The third-order valence-corrected chi connectivity index (χ3v) is 17.0. The molecule has 2 aliphatic carbocycles. The molecular formula is C38H42Cl2SZr. The molecule has 0 saturated carbocycles. The molecule has 0 saturated heterocycles. The van der Waals surface area contributed by atoms with Crippen LogP contribution in [0.1, 0.15) is 88.3 Å². The minimum Gasteiger partial charge on any atom is -0.147 e. The fourth-order valence-corrected chi connectivity index (χ4v) is 15.0. The van der Waals surface area contributed by atoms with Crippen molar-refractivity contribution in [2.75, 3.05) is 0 Å². The maximum absolute atomic E-state index is 2.65. The van der Waals surface area contributed by atoms with Crippen molar-refractivity contribution < 1.29 is 21.3 Å². The monoisotopic (exact) mass is 690 g/mol. The van der Waals surface area contributed by atoms with Crippen LogP contribution in [0.25, 0.3) is 16.7 Å². The summed E-state index contributed by atoms with van der Waals surface area (Å²) < 4.78 is 5.04. The van der Waals surface area contributed by atoms with Crippen molar-refractivity contribution in [1.29, 1.82) is 0 Å². The van der Waals surface area contributed by atoms with E-state index in [1.165, 1.54) is 44.5 Å². The molecule has 4 heteroatoms. The van der Waals surface area contributed by atoms with E-state index in [1.54, 1.807) is 15.3 Å². The molecule has 0 aliphatic heterocycles. The first kappa shape index (κ1) is 33.1. The van der Waals surface area contributed by atoms with Crippen LogP contribution >= 0.6 is 36.2 Å². The van der Waals surface area contributed by atoms with Gasteiger partial charge in [0, 0.05) is 0 Å². The van der Waals surface area contributed by atoms with Gasteiger partial charge >= 0.3 is 254 Å². The predicted molar refractivity (Wildman–Crippen MR) is 187 cm³/mol. The summed E-state index contributed by atoms with van der Waals surface area (Å²) in [5, 5.41) is 4.56. The van der Waals surface area contributed by atoms with Crippen LogP contribution in [0.15, 0.2) is 92.9 Å². The number of benzene rings is 3. The molecule has 1 heterocycles. The Morgan fingerprint density at radius 1 is 0.786 bits per heavy atom. The quantitative estimate of drug-likeness (QED) is 0.176. The zero-order chi connectivity index (χ0) is 28.2. The summed E-state index contributed by atoms with van der Waals surface area (Å²) >= 11 is -0.764. The van der Waals surface area contributed by atoms with E-state index in [2.05, 4.69) is 138 Å². The second-order valence-electron chi connectivity index (χ2n) is 13.5. The van der Waals surface area contributed by atoms with Gasteiger partial charge < -0.3 is 0 Å². The van der Waals surface area contributed by atoms with Crippen molar-refractivity contribution in [3.8, 4) is 11.1 Å². The Labute approximate surface area is 277 Å². The molecule has 0 spiro atoms. The second kappa shape index (κ2) is 12.7. The number of hydrogen-bond donors (Lipinski definition) is 0. The summed E-state index contributed by atoms with van der Waals surface area (Å²) in [6, 6.07) is 26.0. The maximum atomic E-state index is 2.65. The molecule has 0 nitrogen and oxygen atoms in total. The van der Waals surface area contributed by atoms with E-state index >= 15 is 0 Å². The summed E-state index contributed by atoms with van der Waals surface area (Å²) in [4.78, 5) is 0. The minimum absolute atomic E-state index is 0. The van der Waals surface area contributed by atoms with Gasteiger partial charge in [-0.1, -0.05) is 0 Å². The van der Waals surface area contributed by atoms with Crippen molar-refractivity contribution in [2.45, 2.75) is 72.1 Å². The largest absolute Gasteiger partial charge is 0.147 e. The molecule has 0 radical (unpaired) electrons. The van der Waals surface area contributed by atoms with Gasteiger partial charge in [-0.3, -0.25) is 0 Å². The zero-order valence-electron chi connectivity index (χ0n) is 25.8. The molecule has 0 N–H and O–H groups in total. The van der Waals surface area contributed by atoms with Gasteiger partial charge in [-0.2, -0.15) is 0 Å². The van der Waals surface area contributed by atoms with Crippen molar-refractivity contribution in [1.82, 2.24) is 0 Å². The van der Waals surface area contributed by atoms with E-state index in [1.807, 2.05) is 11.3 Å². The number of fused-ring (bicyclic) bond motifs is 3. The van der Waals surface area contributed by atoms with Gasteiger partial charge in [-0.25, -0.2) is 0 Å². The van der Waals surface area contributed by atoms with E-state index in [4.69, 9.17) is 0 Å². The molecule has 0 fully saturated rings. The average Bonchev–Trinajstić information content (AvgIpc) is 3.67. The first-order valence-electron chi connectivity index (χ1n) is 14.5. The van der Waals surface area contributed by atoms with E-state index in [0.29, 0.717) is 0 Å². The standard InChI is InChI=1S/C21H25.C9H7S.C8H8.2ClH.Zr/c1-20(2,3)16-9-7-14-11-15-8-10-17(21(4,5)6)13-19(15)18(14)12-16;1-2-4-8(3-1)9-5-6-10-7-9;1-2-8-6-4-3-5-7-8;;;/h7,9-10,12-13H,11H2,1-6H3;1,3,5-7H,2H2;3-7H,1H3;2*1H;. The minimum atomic E-state index is -2.57. The van der Waals surface area contributed by atoms with Gasteiger partial charge in [0.25, 0.3) is 0 Å². The van der Waals surface area contributed by atoms with Crippen LogP contribution in [-0.4, -0.2) is 3.21 Å². The molecule has 0 amide bonds. The molecule has 4 aromatic rings. The number of hydrogen-bond acceptors (Lipinski definition) is 1. The van der Waals surface area contributed by atoms with Crippen molar-refractivity contribution >= 4 is 48.2 Å². The van der Waals surface area contributed by atoms with Gasteiger partial charge in [0.1, 0.15) is 0 Å². The summed E-state index contributed by atoms with van der Waals surface area (Å²) in [6.45, 7) is 16.6. The SMILES string of the molecule is C/[C](c1ccccc1)=[Zr](\[C]1=C(c2ccsc2)C=CC1)[c]1cc(C(C)(C)C)cc2c1Cc1ccc(C(C)(C)C)cc1-2.Cl.Cl. The zero-order valence-corrected chi connectivity index (χ0v) is 30.7. The van der Waals surface area contributed by atoms with Crippen LogP contribution in [0.2, 0.25) is 0 Å². The number of allylic oxidation sites excluding steroid dienone is 4. The van der Waals surface area contributed by atoms with Gasteiger partial charge in [0.15, 0.2) is 0 Å². The first-order valence-corrected chi connectivity index (χ1v) is 19.2. The number of thiophene rings is 1. The Morgan fingerprint density at radius 3 is 2.12 bits per heavy atom. The van der Waals surface area contributed by atoms with E-state index in [0.717, 1.165) is 12.8 Å². The van der Waals surface area contributed by atoms with Crippen LogP contribution in [0.3, 0.4) is 0 Å². The van der Waals surface area contributed by atoms with Crippen molar-refractivity contribution in [3.63, 3.8) is 0 Å². The summed E-state index contributed by atoms with van der Waals surface area (Å²) in [6.07, 6.45) is 6.96. The molecule has 42 heavy (non-hydrogen) atoms. The molecule has 0 bridgehead atoms. The Kier molecular flexibility index (Phi) is 9.96. The molecule has 1 aromatic heterocycles. The topological polar surface area (TPSA) is 0 Å². The average molecular weight is 693 g/mol. The van der Waals surface area contributed by atoms with Crippen LogP contribution in [0, 0.1) is 0 Å². The van der Waals surface area contributed by atoms with Gasteiger partial charge in [0.05, 0.1) is 0 Å². The fraction of sp³-hybridized carbons (Fsp3) is 0.289. The Bertz CT molecular complexity index is 1690. The summed E-state index contributed by atoms with van der Waals surface area (Å²) in [7, 11) is 0. The smallest absolute Gasteiger partial charge is 0.147 e. The first-order chi connectivity index (χ1) is 19.0. The molecule has 218 valence electrons. The van der Waals surface area contributed by atoms with E-state index < -0.39 is 21.3 Å². The van der Waals surface area contributed by atoms with Gasteiger partial charge in [0.2, 0.25) is 0 Å². The fourth-order valence-electron chi connectivity index (χ4n) is 6.25. The second-order valence-corrected chi connectivity index (χ2v) is 20.8. The molecule has 0 atom stereocenters. The van der Waals surface area contributed by atoms with E-state index in [9.17, 15) is 0 Å². The predicted octanol–water partition coefficient (Wildman–Crippen LogP) is 10.6.